The first kappa shape index (κ1) is 23.6. The summed E-state index contributed by atoms with van der Waals surface area (Å²) in [4.78, 5) is 20.4. The molecule has 1 aliphatic rings. The van der Waals surface area contributed by atoms with Crippen LogP contribution in [0.25, 0.3) is 0 Å². The molecule has 1 saturated heterocycles. The first-order chi connectivity index (χ1) is 12.5. The van der Waals surface area contributed by atoms with E-state index in [-0.39, 0.29) is 36.4 Å². The van der Waals surface area contributed by atoms with Crippen molar-refractivity contribution in [2.45, 2.75) is 13.5 Å². The van der Waals surface area contributed by atoms with Gasteiger partial charge in [-0.15, -0.1) is 24.0 Å². The monoisotopic (exact) mass is 489 g/mol. The summed E-state index contributed by atoms with van der Waals surface area (Å²) in [6.07, 6.45) is 0. The van der Waals surface area contributed by atoms with Gasteiger partial charge in [0.15, 0.2) is 5.96 Å². The van der Waals surface area contributed by atoms with E-state index in [2.05, 4.69) is 45.6 Å². The minimum Gasteiger partial charge on any atom is -0.379 e. The molecule has 8 heteroatoms. The number of aryl methyl sites for hydroxylation is 1. The predicted octanol–water partition coefficient (Wildman–Crippen LogP) is 1.07. The fourth-order valence-electron chi connectivity index (χ4n) is 2.63. The molecule has 0 bridgehead atoms. The zero-order chi connectivity index (χ0) is 18.8. The Labute approximate surface area is 179 Å². The standard InChI is InChI=1S/C19H31N5O2.HI/c1-16-5-4-6-17(13-16)14-21-19(22-15-18(25)23(2)3)20-7-8-24-9-11-26-12-10-24;/h4-6,13H,7-12,14-15H2,1-3H3,(H2,20,21,22);1H. The van der Waals surface area contributed by atoms with Gasteiger partial charge >= 0.3 is 0 Å². The number of aliphatic imine (C=N–C) groups is 1. The zero-order valence-corrected chi connectivity index (χ0v) is 18.9. The van der Waals surface area contributed by atoms with Gasteiger partial charge in [-0.25, -0.2) is 4.99 Å². The Morgan fingerprint density at radius 1 is 1.26 bits per heavy atom. The Morgan fingerprint density at radius 2 is 2.00 bits per heavy atom. The highest BCUT2D eigenvalue weighted by molar-refractivity contribution is 14.0. The van der Waals surface area contributed by atoms with Gasteiger partial charge in [0.05, 0.1) is 26.3 Å². The molecule has 152 valence electrons. The maximum absolute atomic E-state index is 11.8. The second kappa shape index (κ2) is 12.9. The zero-order valence-electron chi connectivity index (χ0n) is 16.5. The summed E-state index contributed by atoms with van der Waals surface area (Å²) >= 11 is 0. The van der Waals surface area contributed by atoms with Crippen LogP contribution in [0.5, 0.6) is 0 Å². The quantitative estimate of drug-likeness (QED) is 0.341. The van der Waals surface area contributed by atoms with Crippen molar-refractivity contribution in [1.82, 2.24) is 20.4 Å². The van der Waals surface area contributed by atoms with E-state index in [4.69, 9.17) is 4.74 Å². The minimum absolute atomic E-state index is 0. The summed E-state index contributed by atoms with van der Waals surface area (Å²) in [5.41, 5.74) is 2.37. The Morgan fingerprint density at radius 3 is 2.67 bits per heavy atom. The van der Waals surface area contributed by atoms with Crippen LogP contribution in [0.3, 0.4) is 0 Å². The number of hydrogen-bond acceptors (Lipinski definition) is 4. The first-order valence-corrected chi connectivity index (χ1v) is 9.12. The molecule has 0 saturated carbocycles. The molecule has 0 aliphatic carbocycles. The summed E-state index contributed by atoms with van der Waals surface area (Å²) < 4.78 is 5.37. The fraction of sp³-hybridized carbons (Fsp3) is 0.579. The van der Waals surface area contributed by atoms with Crippen LogP contribution in [0.4, 0.5) is 0 Å². The molecule has 0 unspecified atom stereocenters. The van der Waals surface area contributed by atoms with Gasteiger partial charge in [-0.1, -0.05) is 29.8 Å². The molecule has 1 amide bonds. The van der Waals surface area contributed by atoms with Crippen LogP contribution in [0.1, 0.15) is 11.1 Å². The number of nitrogens with one attached hydrogen (secondary N) is 2. The van der Waals surface area contributed by atoms with Crippen molar-refractivity contribution >= 4 is 35.8 Å². The van der Waals surface area contributed by atoms with E-state index in [1.165, 1.54) is 5.56 Å². The van der Waals surface area contributed by atoms with Crippen LogP contribution in [-0.2, 0) is 16.1 Å². The lowest BCUT2D eigenvalue weighted by Gasteiger charge is -2.26. The van der Waals surface area contributed by atoms with Crippen LogP contribution >= 0.6 is 24.0 Å². The van der Waals surface area contributed by atoms with Gasteiger partial charge in [0.1, 0.15) is 0 Å². The number of ether oxygens (including phenoxy) is 1. The third-order valence-corrected chi connectivity index (χ3v) is 4.23. The second-order valence-corrected chi connectivity index (χ2v) is 6.68. The number of carbonyl (C=O) groups is 1. The Balaban J connectivity index is 0.00000364. The number of morpholine rings is 1. The van der Waals surface area contributed by atoms with Gasteiger partial charge < -0.3 is 20.3 Å². The van der Waals surface area contributed by atoms with Crippen molar-refractivity contribution in [2.75, 3.05) is 60.0 Å². The fourth-order valence-corrected chi connectivity index (χ4v) is 2.63. The lowest BCUT2D eigenvalue weighted by molar-refractivity contribution is -0.127. The number of benzene rings is 1. The van der Waals surface area contributed by atoms with Crippen molar-refractivity contribution in [3.05, 3.63) is 35.4 Å². The summed E-state index contributed by atoms with van der Waals surface area (Å²) in [5.74, 6) is 0.679. The summed E-state index contributed by atoms with van der Waals surface area (Å²) in [5, 5.41) is 6.46. The molecule has 0 atom stereocenters. The van der Waals surface area contributed by atoms with Crippen LogP contribution in [0, 0.1) is 6.92 Å². The van der Waals surface area contributed by atoms with Crippen molar-refractivity contribution < 1.29 is 9.53 Å². The van der Waals surface area contributed by atoms with Gasteiger partial charge in [-0.05, 0) is 12.5 Å². The topological polar surface area (TPSA) is 69.2 Å². The van der Waals surface area contributed by atoms with Crippen LogP contribution in [0.15, 0.2) is 29.3 Å². The number of likely N-dealkylation sites (N-methyl/N-ethyl adjacent to an activating group) is 1. The Kier molecular flexibility index (Phi) is 11.3. The molecule has 1 aromatic carbocycles. The van der Waals surface area contributed by atoms with Gasteiger partial charge in [0.25, 0.3) is 0 Å². The van der Waals surface area contributed by atoms with Gasteiger partial charge in [0.2, 0.25) is 5.91 Å². The molecule has 0 spiro atoms. The van der Waals surface area contributed by atoms with Gasteiger partial charge in [-0.3, -0.25) is 9.69 Å². The smallest absolute Gasteiger partial charge is 0.241 e. The highest BCUT2D eigenvalue weighted by atomic mass is 127. The maximum Gasteiger partial charge on any atom is 0.241 e. The maximum atomic E-state index is 11.8. The molecule has 1 aromatic rings. The number of amides is 1. The second-order valence-electron chi connectivity index (χ2n) is 6.68. The van der Waals surface area contributed by atoms with E-state index in [1.807, 2.05) is 6.07 Å². The minimum atomic E-state index is 0. The van der Waals surface area contributed by atoms with Crippen LogP contribution in [-0.4, -0.2) is 81.7 Å². The third kappa shape index (κ3) is 9.39. The Bertz CT molecular complexity index is 604. The highest BCUT2D eigenvalue weighted by Gasteiger charge is 2.10. The lowest BCUT2D eigenvalue weighted by atomic mass is 10.1. The molecule has 27 heavy (non-hydrogen) atoms. The van der Waals surface area contributed by atoms with E-state index < -0.39 is 0 Å². The largest absolute Gasteiger partial charge is 0.379 e. The lowest BCUT2D eigenvalue weighted by Crippen LogP contribution is -2.46. The van der Waals surface area contributed by atoms with Gasteiger partial charge in [0, 0.05) is 40.3 Å². The number of halogens is 1. The normalized spacial score (nSPS) is 15.0. The first-order valence-electron chi connectivity index (χ1n) is 9.12. The summed E-state index contributed by atoms with van der Waals surface area (Å²) in [6, 6.07) is 8.30. The SMILES string of the molecule is Cc1cccc(CN=C(NCCN2CCOCC2)NCC(=O)N(C)C)c1.I. The van der Waals surface area contributed by atoms with Crippen molar-refractivity contribution in [1.29, 1.82) is 0 Å². The number of carbonyl (C=O) groups excluding carboxylic acids is 1. The van der Waals surface area contributed by atoms with E-state index in [9.17, 15) is 4.79 Å². The molecule has 2 N–H and O–H groups in total. The number of hydrogen-bond donors (Lipinski definition) is 2. The number of nitrogens with zero attached hydrogens (tertiary/aromatic N) is 3. The number of rotatable bonds is 7. The van der Waals surface area contributed by atoms with Crippen molar-refractivity contribution in [3.8, 4) is 0 Å². The van der Waals surface area contributed by atoms with Gasteiger partial charge in [-0.2, -0.15) is 0 Å². The van der Waals surface area contributed by atoms with E-state index in [1.54, 1.807) is 19.0 Å². The molecule has 1 aliphatic heterocycles. The van der Waals surface area contributed by atoms with Crippen molar-refractivity contribution in [2.24, 2.45) is 4.99 Å². The molecular weight excluding hydrogens is 457 g/mol. The van der Waals surface area contributed by atoms with E-state index in [0.717, 1.165) is 45.0 Å². The molecule has 1 heterocycles. The van der Waals surface area contributed by atoms with E-state index >= 15 is 0 Å². The van der Waals surface area contributed by atoms with Crippen LogP contribution < -0.4 is 10.6 Å². The average Bonchev–Trinajstić information content (AvgIpc) is 2.64. The average molecular weight is 489 g/mol. The molecule has 0 aromatic heterocycles. The molecular formula is C19H32IN5O2. The van der Waals surface area contributed by atoms with E-state index in [0.29, 0.717) is 12.5 Å². The number of guanidine groups is 1. The summed E-state index contributed by atoms with van der Waals surface area (Å²) in [7, 11) is 3.50. The van der Waals surface area contributed by atoms with Crippen molar-refractivity contribution in [3.63, 3.8) is 0 Å². The molecule has 0 radical (unpaired) electrons. The highest BCUT2D eigenvalue weighted by Crippen LogP contribution is 2.05. The van der Waals surface area contributed by atoms with Crippen LogP contribution in [0.2, 0.25) is 0 Å². The Hall–Kier alpha value is -1.39. The molecule has 2 rings (SSSR count). The molecule has 1 fully saturated rings. The predicted molar refractivity (Wildman–Crippen MR) is 120 cm³/mol. The molecule has 7 nitrogen and oxygen atoms in total. The third-order valence-electron chi connectivity index (χ3n) is 4.23. The summed E-state index contributed by atoms with van der Waals surface area (Å²) in [6.45, 7) is 8.09.